The lowest BCUT2D eigenvalue weighted by molar-refractivity contribution is 0.583. The Morgan fingerprint density at radius 1 is 0.955 bits per heavy atom. The lowest BCUT2D eigenvalue weighted by Crippen LogP contribution is -2.20. The molecule has 0 aliphatic rings. The molecule has 2 aromatic rings. The van der Waals surface area contributed by atoms with E-state index in [2.05, 4.69) is 9.93 Å². The van der Waals surface area contributed by atoms with Gasteiger partial charge >= 0.3 is 0 Å². The largest absolute Gasteiger partial charge is 0.277 e. The molecule has 2 aromatic carbocycles. The molecule has 2 rings (SSSR count). The van der Waals surface area contributed by atoms with Gasteiger partial charge in [-0.15, -0.1) is 0 Å². The molecule has 0 unspecified atom stereocenters. The number of benzene rings is 2. The highest BCUT2D eigenvalue weighted by Gasteiger charge is 2.18. The van der Waals surface area contributed by atoms with Crippen molar-refractivity contribution >= 4 is 16.2 Å². The van der Waals surface area contributed by atoms with E-state index in [1.807, 2.05) is 50.2 Å². The van der Waals surface area contributed by atoms with Gasteiger partial charge < -0.3 is 0 Å². The van der Waals surface area contributed by atoms with Crippen LogP contribution in [0.25, 0.3) is 0 Å². The molecular formula is C17H20N2O2S. The van der Waals surface area contributed by atoms with Gasteiger partial charge in [0, 0.05) is 0 Å². The van der Waals surface area contributed by atoms with Crippen LogP contribution in [0.5, 0.6) is 0 Å². The fourth-order valence-electron chi connectivity index (χ4n) is 2.56. The molecule has 116 valence electrons. The van der Waals surface area contributed by atoms with Gasteiger partial charge in [-0.2, -0.15) is 13.5 Å². The number of sulfonamides is 1. The third kappa shape index (κ3) is 3.74. The number of nitrogens with zero attached hydrogens (tertiary/aromatic N) is 1. The standard InChI is InChI=1S/C17H20N2O2S/c1-12-6-5-7-16(10-12)11-18-19-22(20,21)17-14(3)8-13(2)9-15(17)4/h5-11,19H,1-4H3/b18-11+. The van der Waals surface area contributed by atoms with Crippen LogP contribution in [-0.2, 0) is 10.0 Å². The predicted molar refractivity (Wildman–Crippen MR) is 89.7 cm³/mol. The molecule has 0 aromatic heterocycles. The Hall–Kier alpha value is -2.14. The first-order valence-corrected chi connectivity index (χ1v) is 8.47. The number of hydrazone groups is 1. The Morgan fingerprint density at radius 3 is 2.18 bits per heavy atom. The van der Waals surface area contributed by atoms with Crippen LogP contribution >= 0.6 is 0 Å². The minimum atomic E-state index is -3.67. The van der Waals surface area contributed by atoms with Gasteiger partial charge in [0.2, 0.25) is 0 Å². The maximum atomic E-state index is 12.4. The van der Waals surface area contributed by atoms with Gasteiger partial charge in [0.15, 0.2) is 0 Å². The lowest BCUT2D eigenvalue weighted by atomic mass is 10.1. The average molecular weight is 316 g/mol. The molecule has 0 spiro atoms. The van der Waals surface area contributed by atoms with E-state index in [1.165, 1.54) is 6.21 Å². The monoisotopic (exact) mass is 316 g/mol. The van der Waals surface area contributed by atoms with E-state index < -0.39 is 10.0 Å². The molecule has 5 heteroatoms. The Labute approximate surface area is 131 Å². The molecule has 1 N–H and O–H groups in total. The second kappa shape index (κ2) is 6.32. The van der Waals surface area contributed by atoms with Crippen LogP contribution in [0.4, 0.5) is 0 Å². The van der Waals surface area contributed by atoms with Crippen molar-refractivity contribution in [2.75, 3.05) is 0 Å². The van der Waals surface area contributed by atoms with Crippen molar-refractivity contribution in [3.05, 3.63) is 64.2 Å². The molecule has 22 heavy (non-hydrogen) atoms. The van der Waals surface area contributed by atoms with Gasteiger partial charge in [0.1, 0.15) is 0 Å². The molecule has 0 amide bonds. The zero-order valence-corrected chi connectivity index (χ0v) is 14.0. The first kappa shape index (κ1) is 16.2. The zero-order chi connectivity index (χ0) is 16.3. The smallest absolute Gasteiger partial charge is 0.200 e. The summed E-state index contributed by atoms with van der Waals surface area (Å²) in [6.45, 7) is 7.50. The van der Waals surface area contributed by atoms with Gasteiger partial charge in [-0.25, -0.2) is 4.83 Å². The molecule has 0 heterocycles. The molecule has 0 fully saturated rings. The van der Waals surface area contributed by atoms with Crippen molar-refractivity contribution in [3.8, 4) is 0 Å². The van der Waals surface area contributed by atoms with E-state index in [4.69, 9.17) is 0 Å². The summed E-state index contributed by atoms with van der Waals surface area (Å²) in [5.74, 6) is 0. The van der Waals surface area contributed by atoms with Crippen LogP contribution in [-0.4, -0.2) is 14.6 Å². The second-order valence-electron chi connectivity index (χ2n) is 5.49. The Balaban J connectivity index is 2.26. The number of hydrogen-bond acceptors (Lipinski definition) is 3. The Morgan fingerprint density at radius 2 is 1.59 bits per heavy atom. The second-order valence-corrected chi connectivity index (χ2v) is 7.09. The normalized spacial score (nSPS) is 11.8. The summed E-state index contributed by atoms with van der Waals surface area (Å²) in [6.07, 6.45) is 1.50. The van der Waals surface area contributed by atoms with Gasteiger partial charge in [0.25, 0.3) is 10.0 Å². The van der Waals surface area contributed by atoms with E-state index >= 15 is 0 Å². The third-order valence-corrected chi connectivity index (χ3v) is 4.83. The Bertz CT molecular complexity index is 801. The minimum absolute atomic E-state index is 0.291. The topological polar surface area (TPSA) is 58.5 Å². The fraction of sp³-hybridized carbons (Fsp3) is 0.235. The van der Waals surface area contributed by atoms with E-state index in [9.17, 15) is 8.42 Å². The molecular weight excluding hydrogens is 296 g/mol. The lowest BCUT2D eigenvalue weighted by Gasteiger charge is -2.11. The van der Waals surface area contributed by atoms with Crippen LogP contribution in [0.2, 0.25) is 0 Å². The summed E-state index contributed by atoms with van der Waals surface area (Å²) in [6, 6.07) is 11.4. The zero-order valence-electron chi connectivity index (χ0n) is 13.2. The number of nitrogens with one attached hydrogen (secondary N) is 1. The highest BCUT2D eigenvalue weighted by atomic mass is 32.2. The summed E-state index contributed by atoms with van der Waals surface area (Å²) in [5, 5.41) is 3.87. The van der Waals surface area contributed by atoms with Gasteiger partial charge in [-0.3, -0.25) is 0 Å². The maximum absolute atomic E-state index is 12.4. The number of rotatable bonds is 4. The molecule has 0 radical (unpaired) electrons. The number of hydrogen-bond donors (Lipinski definition) is 1. The average Bonchev–Trinajstić information content (AvgIpc) is 2.36. The van der Waals surface area contributed by atoms with Crippen LogP contribution in [0.1, 0.15) is 27.8 Å². The summed E-state index contributed by atoms with van der Waals surface area (Å²) in [7, 11) is -3.67. The molecule has 0 saturated heterocycles. The summed E-state index contributed by atoms with van der Waals surface area (Å²) in [4.78, 5) is 2.58. The molecule has 0 saturated carbocycles. The molecule has 0 aliphatic carbocycles. The van der Waals surface area contributed by atoms with E-state index in [1.54, 1.807) is 13.8 Å². The van der Waals surface area contributed by atoms with Crippen LogP contribution in [0, 0.1) is 27.7 Å². The minimum Gasteiger partial charge on any atom is -0.200 e. The van der Waals surface area contributed by atoms with E-state index in [0.717, 1.165) is 27.8 Å². The molecule has 4 nitrogen and oxygen atoms in total. The first-order chi connectivity index (χ1) is 10.3. The van der Waals surface area contributed by atoms with Crippen molar-refractivity contribution in [3.63, 3.8) is 0 Å². The quantitative estimate of drug-likeness (QED) is 0.695. The van der Waals surface area contributed by atoms with Crippen LogP contribution in [0.3, 0.4) is 0 Å². The van der Waals surface area contributed by atoms with Gasteiger partial charge in [-0.05, 0) is 44.4 Å². The molecule has 0 aliphatic heterocycles. The first-order valence-electron chi connectivity index (χ1n) is 6.99. The van der Waals surface area contributed by atoms with Gasteiger partial charge in [0.05, 0.1) is 11.1 Å². The summed E-state index contributed by atoms with van der Waals surface area (Å²) in [5.41, 5.74) is 4.42. The van der Waals surface area contributed by atoms with Crippen molar-refractivity contribution in [1.82, 2.24) is 4.83 Å². The summed E-state index contributed by atoms with van der Waals surface area (Å²) < 4.78 is 24.8. The molecule has 0 atom stereocenters. The summed E-state index contributed by atoms with van der Waals surface area (Å²) >= 11 is 0. The van der Waals surface area contributed by atoms with Crippen molar-refractivity contribution in [2.45, 2.75) is 32.6 Å². The van der Waals surface area contributed by atoms with Crippen molar-refractivity contribution in [1.29, 1.82) is 0 Å². The highest BCUT2D eigenvalue weighted by molar-refractivity contribution is 7.89. The van der Waals surface area contributed by atoms with Crippen molar-refractivity contribution in [2.24, 2.45) is 5.10 Å². The maximum Gasteiger partial charge on any atom is 0.277 e. The number of aryl methyl sites for hydroxylation is 4. The van der Waals surface area contributed by atoms with Gasteiger partial charge in [-0.1, -0.05) is 47.5 Å². The predicted octanol–water partition coefficient (Wildman–Crippen LogP) is 3.23. The van der Waals surface area contributed by atoms with Crippen LogP contribution < -0.4 is 4.83 Å². The van der Waals surface area contributed by atoms with Crippen LogP contribution in [0.15, 0.2) is 46.4 Å². The van der Waals surface area contributed by atoms with E-state index in [-0.39, 0.29) is 0 Å². The SMILES string of the molecule is Cc1cccc(/C=N/NS(=O)(=O)c2c(C)cc(C)cc2C)c1. The third-order valence-electron chi connectivity index (χ3n) is 3.30. The van der Waals surface area contributed by atoms with E-state index in [0.29, 0.717) is 4.90 Å². The highest BCUT2D eigenvalue weighted by Crippen LogP contribution is 2.21. The Kier molecular flexibility index (Phi) is 4.66. The fourth-order valence-corrected chi connectivity index (χ4v) is 3.81. The molecule has 0 bridgehead atoms. The van der Waals surface area contributed by atoms with Crippen molar-refractivity contribution < 1.29 is 8.42 Å².